The summed E-state index contributed by atoms with van der Waals surface area (Å²) in [5, 5.41) is 2.87. The lowest BCUT2D eigenvalue weighted by molar-refractivity contribution is -0.130. The highest BCUT2D eigenvalue weighted by atomic mass is 32.2. The van der Waals surface area contributed by atoms with Crippen LogP contribution in [0, 0.1) is 0 Å². The second-order valence-corrected chi connectivity index (χ2v) is 4.76. The first kappa shape index (κ1) is 13.8. The van der Waals surface area contributed by atoms with Gasteiger partial charge in [-0.3, -0.25) is 4.79 Å². The van der Waals surface area contributed by atoms with Crippen LogP contribution in [0.5, 0.6) is 0 Å². The van der Waals surface area contributed by atoms with Gasteiger partial charge in [0.15, 0.2) is 0 Å². The summed E-state index contributed by atoms with van der Waals surface area (Å²) in [5.41, 5.74) is 0. The molecule has 0 aromatic heterocycles. The van der Waals surface area contributed by atoms with Crippen LogP contribution in [0.15, 0.2) is 0 Å². The van der Waals surface area contributed by atoms with E-state index in [1.807, 2.05) is 23.7 Å². The van der Waals surface area contributed by atoms with Gasteiger partial charge in [0, 0.05) is 13.1 Å². The van der Waals surface area contributed by atoms with E-state index in [4.69, 9.17) is 0 Å². The molecule has 3 nitrogen and oxygen atoms in total. The number of hydrogen-bond donors (Lipinski definition) is 1. The Bertz CT molecular complexity index is 164. The van der Waals surface area contributed by atoms with Crippen molar-refractivity contribution < 1.29 is 4.79 Å². The lowest BCUT2D eigenvalue weighted by atomic mass is 10.2. The highest BCUT2D eigenvalue weighted by Crippen LogP contribution is 2.07. The van der Waals surface area contributed by atoms with E-state index in [1.165, 1.54) is 0 Å². The third-order valence-electron chi connectivity index (χ3n) is 2.27. The molecule has 0 rings (SSSR count). The molecule has 1 unspecified atom stereocenters. The number of likely N-dealkylation sites (N-methyl/N-ethyl adjacent to an activating group) is 2. The molecule has 1 amide bonds. The second-order valence-electron chi connectivity index (χ2n) is 3.37. The molecule has 1 atom stereocenters. The zero-order chi connectivity index (χ0) is 11.0. The van der Waals surface area contributed by atoms with Crippen LogP contribution in [0.3, 0.4) is 0 Å². The maximum Gasteiger partial charge on any atom is 0.236 e. The van der Waals surface area contributed by atoms with E-state index >= 15 is 0 Å². The maximum atomic E-state index is 11.5. The Morgan fingerprint density at radius 2 is 2.21 bits per heavy atom. The summed E-state index contributed by atoms with van der Waals surface area (Å²) in [4.78, 5) is 13.3. The van der Waals surface area contributed by atoms with Crippen LogP contribution in [0.2, 0.25) is 0 Å². The van der Waals surface area contributed by atoms with Gasteiger partial charge in [0.2, 0.25) is 5.91 Å². The van der Waals surface area contributed by atoms with Crippen LogP contribution in [-0.4, -0.2) is 49.0 Å². The fourth-order valence-corrected chi connectivity index (χ4v) is 1.91. The number of amides is 1. The van der Waals surface area contributed by atoms with E-state index in [2.05, 4.69) is 19.2 Å². The first-order chi connectivity index (χ1) is 6.63. The van der Waals surface area contributed by atoms with Gasteiger partial charge in [0.1, 0.15) is 0 Å². The van der Waals surface area contributed by atoms with Crippen LogP contribution in [0.4, 0.5) is 0 Å². The average Bonchev–Trinajstić information content (AvgIpc) is 2.17. The molecule has 1 N–H and O–H groups in total. The minimum atomic E-state index is 0.168. The average molecular weight is 218 g/mol. The quantitative estimate of drug-likeness (QED) is 0.652. The molecule has 0 aliphatic carbocycles. The number of rotatable bonds is 7. The predicted molar refractivity (Wildman–Crippen MR) is 63.8 cm³/mol. The molecule has 0 saturated heterocycles. The Kier molecular flexibility index (Phi) is 7.99. The Balaban J connectivity index is 3.74. The van der Waals surface area contributed by atoms with Crippen molar-refractivity contribution in [3.8, 4) is 0 Å². The van der Waals surface area contributed by atoms with Crippen molar-refractivity contribution in [2.24, 2.45) is 0 Å². The highest BCUT2D eigenvalue weighted by molar-refractivity contribution is 7.99. The molecule has 0 aromatic carbocycles. The summed E-state index contributed by atoms with van der Waals surface area (Å²) in [7, 11) is 3.67. The van der Waals surface area contributed by atoms with Gasteiger partial charge in [-0.2, -0.15) is 11.8 Å². The molecule has 0 aromatic rings. The van der Waals surface area contributed by atoms with Crippen molar-refractivity contribution in [3.63, 3.8) is 0 Å². The number of carbonyl (C=O) groups is 1. The third-order valence-corrected chi connectivity index (χ3v) is 3.20. The predicted octanol–water partition coefficient (Wildman–Crippen LogP) is 1.20. The standard InChI is InChI=1S/C10H22N2OS/c1-5-14-7-6-9(2)12(4)10(13)8-11-3/h9,11H,5-8H2,1-4H3. The summed E-state index contributed by atoms with van der Waals surface area (Å²) >= 11 is 1.93. The Morgan fingerprint density at radius 1 is 1.57 bits per heavy atom. The minimum Gasteiger partial charge on any atom is -0.342 e. The summed E-state index contributed by atoms with van der Waals surface area (Å²) in [6.07, 6.45) is 1.07. The van der Waals surface area contributed by atoms with Gasteiger partial charge in [-0.25, -0.2) is 0 Å². The number of carbonyl (C=O) groups excluding carboxylic acids is 1. The largest absolute Gasteiger partial charge is 0.342 e. The van der Waals surface area contributed by atoms with E-state index in [1.54, 1.807) is 7.05 Å². The molecule has 0 saturated carbocycles. The fourth-order valence-electron chi connectivity index (χ4n) is 1.11. The van der Waals surface area contributed by atoms with E-state index in [0.717, 1.165) is 17.9 Å². The van der Waals surface area contributed by atoms with Gasteiger partial charge in [-0.15, -0.1) is 0 Å². The van der Waals surface area contributed by atoms with Gasteiger partial charge in [-0.1, -0.05) is 6.92 Å². The zero-order valence-electron chi connectivity index (χ0n) is 9.67. The van der Waals surface area contributed by atoms with Crippen molar-refractivity contribution in [1.29, 1.82) is 0 Å². The van der Waals surface area contributed by atoms with E-state index in [0.29, 0.717) is 12.6 Å². The Morgan fingerprint density at radius 3 is 2.71 bits per heavy atom. The van der Waals surface area contributed by atoms with Gasteiger partial charge < -0.3 is 10.2 Å². The van der Waals surface area contributed by atoms with Crippen molar-refractivity contribution in [2.75, 3.05) is 32.1 Å². The highest BCUT2D eigenvalue weighted by Gasteiger charge is 2.13. The molecule has 0 heterocycles. The Hall–Kier alpha value is -0.220. The molecule has 0 aliphatic heterocycles. The van der Waals surface area contributed by atoms with Crippen molar-refractivity contribution in [1.82, 2.24) is 10.2 Å². The summed E-state index contributed by atoms with van der Waals surface area (Å²) in [6.45, 7) is 4.69. The SMILES string of the molecule is CCSCCC(C)N(C)C(=O)CNC. The fraction of sp³-hybridized carbons (Fsp3) is 0.900. The molecule has 14 heavy (non-hydrogen) atoms. The zero-order valence-corrected chi connectivity index (χ0v) is 10.5. The van der Waals surface area contributed by atoms with E-state index < -0.39 is 0 Å². The molecular weight excluding hydrogens is 196 g/mol. The summed E-state index contributed by atoms with van der Waals surface area (Å²) in [6, 6.07) is 0.342. The third kappa shape index (κ3) is 5.50. The van der Waals surface area contributed by atoms with Crippen molar-refractivity contribution in [2.45, 2.75) is 26.3 Å². The van der Waals surface area contributed by atoms with Gasteiger partial charge in [-0.05, 0) is 31.9 Å². The van der Waals surface area contributed by atoms with Crippen molar-refractivity contribution in [3.05, 3.63) is 0 Å². The first-order valence-corrected chi connectivity index (χ1v) is 6.27. The van der Waals surface area contributed by atoms with Crippen LogP contribution >= 0.6 is 11.8 Å². The second kappa shape index (κ2) is 8.12. The van der Waals surface area contributed by atoms with E-state index in [-0.39, 0.29) is 5.91 Å². The normalized spacial score (nSPS) is 12.6. The first-order valence-electron chi connectivity index (χ1n) is 5.11. The molecule has 0 spiro atoms. The summed E-state index contributed by atoms with van der Waals surface area (Å²) < 4.78 is 0. The number of nitrogens with one attached hydrogen (secondary N) is 1. The lowest BCUT2D eigenvalue weighted by Crippen LogP contribution is -2.40. The monoisotopic (exact) mass is 218 g/mol. The van der Waals surface area contributed by atoms with Crippen LogP contribution < -0.4 is 5.32 Å². The van der Waals surface area contributed by atoms with Crippen LogP contribution in [-0.2, 0) is 4.79 Å². The molecule has 0 radical (unpaired) electrons. The number of thioether (sulfide) groups is 1. The molecule has 0 bridgehead atoms. The molecular formula is C10H22N2OS. The Labute approximate surface area is 91.6 Å². The molecule has 0 aliphatic rings. The van der Waals surface area contributed by atoms with Crippen LogP contribution in [0.1, 0.15) is 20.3 Å². The smallest absolute Gasteiger partial charge is 0.236 e. The molecule has 0 fully saturated rings. The minimum absolute atomic E-state index is 0.168. The lowest BCUT2D eigenvalue weighted by Gasteiger charge is -2.24. The topological polar surface area (TPSA) is 32.3 Å². The molecule has 84 valence electrons. The van der Waals surface area contributed by atoms with Crippen LogP contribution in [0.25, 0.3) is 0 Å². The van der Waals surface area contributed by atoms with Gasteiger partial charge in [0.25, 0.3) is 0 Å². The van der Waals surface area contributed by atoms with Gasteiger partial charge in [0.05, 0.1) is 6.54 Å². The number of nitrogens with zero attached hydrogens (tertiary/aromatic N) is 1. The number of hydrogen-bond acceptors (Lipinski definition) is 3. The van der Waals surface area contributed by atoms with Crippen molar-refractivity contribution >= 4 is 17.7 Å². The van der Waals surface area contributed by atoms with E-state index in [9.17, 15) is 4.79 Å². The molecule has 4 heteroatoms. The van der Waals surface area contributed by atoms with Gasteiger partial charge >= 0.3 is 0 Å². The maximum absolute atomic E-state index is 11.5. The summed E-state index contributed by atoms with van der Waals surface area (Å²) in [5.74, 6) is 2.46.